The molecule has 0 bridgehead atoms. The van der Waals surface area contributed by atoms with Gasteiger partial charge in [0, 0.05) is 31.5 Å². The molecule has 1 saturated heterocycles. The molecule has 0 unspecified atom stereocenters. The number of anilines is 1. The fraction of sp³-hybridized carbons (Fsp3) is 0.692. The van der Waals surface area contributed by atoms with Gasteiger partial charge in [-0.25, -0.2) is 18.7 Å². The van der Waals surface area contributed by atoms with Gasteiger partial charge in [0.15, 0.2) is 5.82 Å². The van der Waals surface area contributed by atoms with E-state index in [9.17, 15) is 8.78 Å². The molecule has 1 aliphatic heterocycles. The molecule has 0 amide bonds. The fourth-order valence-corrected chi connectivity index (χ4v) is 2.55. The molecule has 20 heavy (non-hydrogen) atoms. The van der Waals surface area contributed by atoms with Gasteiger partial charge in [-0.2, -0.15) is 0 Å². The molecule has 1 aliphatic rings. The number of alkyl halides is 2. The minimum absolute atomic E-state index is 0.0447. The first-order valence-corrected chi connectivity index (χ1v) is 6.69. The van der Waals surface area contributed by atoms with Gasteiger partial charge in [0.25, 0.3) is 6.43 Å². The molecule has 0 atom stereocenters. The van der Waals surface area contributed by atoms with Crippen LogP contribution < -0.4 is 10.6 Å². The second-order valence-corrected chi connectivity index (χ2v) is 5.13. The number of hydrogen-bond donors (Lipinski definition) is 2. The third-order valence-electron chi connectivity index (χ3n) is 3.68. The second-order valence-electron chi connectivity index (χ2n) is 5.13. The molecule has 0 saturated carbocycles. The van der Waals surface area contributed by atoms with E-state index in [1.165, 1.54) is 12.4 Å². The van der Waals surface area contributed by atoms with Crippen molar-refractivity contribution in [2.24, 2.45) is 5.41 Å². The Morgan fingerprint density at radius 1 is 1.35 bits per heavy atom. The maximum absolute atomic E-state index is 12.9. The van der Waals surface area contributed by atoms with Gasteiger partial charge in [-0.3, -0.25) is 0 Å². The van der Waals surface area contributed by atoms with Crippen molar-refractivity contribution in [1.29, 1.82) is 0 Å². The van der Waals surface area contributed by atoms with E-state index in [0.717, 1.165) is 25.9 Å². The van der Waals surface area contributed by atoms with Gasteiger partial charge < -0.3 is 15.4 Å². The zero-order valence-electron chi connectivity index (χ0n) is 11.5. The first kappa shape index (κ1) is 15.1. The van der Waals surface area contributed by atoms with Crippen LogP contribution >= 0.6 is 0 Å². The summed E-state index contributed by atoms with van der Waals surface area (Å²) in [5.74, 6) is 0.163. The van der Waals surface area contributed by atoms with Crippen LogP contribution in [0.1, 0.15) is 25.0 Å². The highest BCUT2D eigenvalue weighted by molar-refractivity contribution is 5.40. The number of ether oxygens (including phenoxy) is 1. The van der Waals surface area contributed by atoms with Gasteiger partial charge >= 0.3 is 0 Å². The summed E-state index contributed by atoms with van der Waals surface area (Å²) >= 11 is 0. The van der Waals surface area contributed by atoms with E-state index in [-0.39, 0.29) is 16.9 Å². The lowest BCUT2D eigenvalue weighted by atomic mass is 9.79. The highest BCUT2D eigenvalue weighted by Crippen LogP contribution is 2.30. The number of methoxy groups -OCH3 is 1. The van der Waals surface area contributed by atoms with Crippen molar-refractivity contribution in [3.63, 3.8) is 0 Å². The Balaban J connectivity index is 2.06. The standard InChI is InChI=1S/C13H20F2N4O/c1-20-9-13(2-4-16-5-3-13)8-19-12-10(11(14)15)17-6-7-18-12/h6-7,11,16H,2-5,8-9H2,1H3,(H,18,19). The Morgan fingerprint density at radius 2 is 2.05 bits per heavy atom. The summed E-state index contributed by atoms with van der Waals surface area (Å²) in [6.45, 7) is 2.98. The average Bonchev–Trinajstić information content (AvgIpc) is 2.47. The van der Waals surface area contributed by atoms with Gasteiger partial charge in [-0.15, -0.1) is 0 Å². The largest absolute Gasteiger partial charge is 0.384 e. The first-order valence-electron chi connectivity index (χ1n) is 6.69. The first-order chi connectivity index (χ1) is 9.67. The van der Waals surface area contributed by atoms with Crippen molar-refractivity contribution in [3.8, 4) is 0 Å². The number of rotatable bonds is 6. The minimum atomic E-state index is -2.63. The van der Waals surface area contributed by atoms with E-state index in [0.29, 0.717) is 13.2 Å². The SMILES string of the molecule is COCC1(CNc2nccnc2C(F)F)CCNCC1. The molecule has 2 rings (SSSR count). The molecular weight excluding hydrogens is 266 g/mol. The van der Waals surface area contributed by atoms with E-state index in [4.69, 9.17) is 4.74 Å². The zero-order valence-corrected chi connectivity index (χ0v) is 11.5. The Bertz CT molecular complexity index is 419. The van der Waals surface area contributed by atoms with E-state index in [1.54, 1.807) is 7.11 Å². The van der Waals surface area contributed by atoms with Crippen molar-refractivity contribution >= 4 is 5.82 Å². The Labute approximate surface area is 117 Å². The molecule has 2 heterocycles. The van der Waals surface area contributed by atoms with Crippen LogP contribution in [-0.4, -0.2) is 43.3 Å². The molecule has 7 heteroatoms. The van der Waals surface area contributed by atoms with Gasteiger partial charge in [-0.05, 0) is 25.9 Å². The van der Waals surface area contributed by atoms with Crippen LogP contribution in [0.4, 0.5) is 14.6 Å². The number of piperidine rings is 1. The van der Waals surface area contributed by atoms with Crippen LogP contribution in [0, 0.1) is 5.41 Å². The number of nitrogens with one attached hydrogen (secondary N) is 2. The van der Waals surface area contributed by atoms with Crippen LogP contribution in [0.3, 0.4) is 0 Å². The lowest BCUT2D eigenvalue weighted by Gasteiger charge is -2.37. The second kappa shape index (κ2) is 6.90. The predicted octanol–water partition coefficient (Wildman–Crippen LogP) is 1.84. The van der Waals surface area contributed by atoms with Crippen LogP contribution in [0.2, 0.25) is 0 Å². The van der Waals surface area contributed by atoms with Gasteiger partial charge in [0.05, 0.1) is 6.61 Å². The third-order valence-corrected chi connectivity index (χ3v) is 3.68. The molecule has 0 aliphatic carbocycles. The van der Waals surface area contributed by atoms with Crippen LogP contribution in [-0.2, 0) is 4.74 Å². The zero-order chi connectivity index (χ0) is 14.4. The van der Waals surface area contributed by atoms with E-state index >= 15 is 0 Å². The molecule has 112 valence electrons. The number of halogens is 2. The maximum atomic E-state index is 12.9. The monoisotopic (exact) mass is 286 g/mol. The summed E-state index contributed by atoms with van der Waals surface area (Å²) in [5, 5.41) is 6.32. The lowest BCUT2D eigenvalue weighted by Crippen LogP contribution is -2.44. The summed E-state index contributed by atoms with van der Waals surface area (Å²) in [6, 6.07) is 0. The number of aromatic nitrogens is 2. The summed E-state index contributed by atoms with van der Waals surface area (Å²) < 4.78 is 31.0. The molecule has 0 aromatic carbocycles. The van der Waals surface area contributed by atoms with Crippen LogP contribution in [0.15, 0.2) is 12.4 Å². The molecule has 2 N–H and O–H groups in total. The summed E-state index contributed by atoms with van der Waals surface area (Å²) in [5.41, 5.74) is -0.342. The number of hydrogen-bond acceptors (Lipinski definition) is 5. The van der Waals surface area contributed by atoms with Crippen molar-refractivity contribution in [3.05, 3.63) is 18.1 Å². The third kappa shape index (κ3) is 3.61. The molecule has 5 nitrogen and oxygen atoms in total. The van der Waals surface area contributed by atoms with Crippen molar-refractivity contribution < 1.29 is 13.5 Å². The summed E-state index contributed by atoms with van der Waals surface area (Å²) in [7, 11) is 1.66. The molecule has 0 spiro atoms. The topological polar surface area (TPSA) is 59.1 Å². The lowest BCUT2D eigenvalue weighted by molar-refractivity contribution is 0.0634. The quantitative estimate of drug-likeness (QED) is 0.835. The summed E-state index contributed by atoms with van der Waals surface area (Å²) in [4.78, 5) is 7.66. The maximum Gasteiger partial charge on any atom is 0.283 e. The molecule has 1 fully saturated rings. The molecule has 0 radical (unpaired) electrons. The van der Waals surface area contributed by atoms with Crippen molar-refractivity contribution in [2.75, 3.05) is 38.7 Å². The van der Waals surface area contributed by atoms with Crippen molar-refractivity contribution in [1.82, 2.24) is 15.3 Å². The van der Waals surface area contributed by atoms with Crippen molar-refractivity contribution in [2.45, 2.75) is 19.3 Å². The summed E-state index contributed by atoms with van der Waals surface area (Å²) in [6.07, 6.45) is 1.95. The smallest absolute Gasteiger partial charge is 0.283 e. The van der Waals surface area contributed by atoms with Gasteiger partial charge in [0.1, 0.15) is 5.69 Å². The fourth-order valence-electron chi connectivity index (χ4n) is 2.55. The van der Waals surface area contributed by atoms with E-state index < -0.39 is 6.43 Å². The normalized spacial score (nSPS) is 18.2. The van der Waals surface area contributed by atoms with Crippen LogP contribution in [0.5, 0.6) is 0 Å². The molecule has 1 aromatic rings. The average molecular weight is 286 g/mol. The highest BCUT2D eigenvalue weighted by Gasteiger charge is 2.32. The Morgan fingerprint density at radius 3 is 2.70 bits per heavy atom. The minimum Gasteiger partial charge on any atom is -0.384 e. The number of nitrogens with zero attached hydrogens (tertiary/aromatic N) is 2. The molecular formula is C13H20F2N4O. The predicted molar refractivity (Wildman–Crippen MR) is 71.9 cm³/mol. The van der Waals surface area contributed by atoms with E-state index in [1.807, 2.05) is 0 Å². The van der Waals surface area contributed by atoms with E-state index in [2.05, 4.69) is 20.6 Å². The molecule has 1 aromatic heterocycles. The van der Waals surface area contributed by atoms with Gasteiger partial charge in [-0.1, -0.05) is 0 Å². The van der Waals surface area contributed by atoms with Crippen LogP contribution in [0.25, 0.3) is 0 Å². The van der Waals surface area contributed by atoms with Gasteiger partial charge in [0.2, 0.25) is 0 Å². The highest BCUT2D eigenvalue weighted by atomic mass is 19.3. The Hall–Kier alpha value is -1.34. The Kier molecular flexibility index (Phi) is 5.19.